The number of hydrogen-bond donors (Lipinski definition) is 0. The van der Waals surface area contributed by atoms with Crippen molar-refractivity contribution in [2.24, 2.45) is 0 Å². The van der Waals surface area contributed by atoms with E-state index < -0.39 is 4.84 Å². The molecule has 0 aliphatic carbocycles. The predicted octanol–water partition coefficient (Wildman–Crippen LogP) is 5.75. The number of fused-ring (bicyclic) bond motifs is 1. The van der Waals surface area contributed by atoms with E-state index in [4.69, 9.17) is 23.2 Å². The SMILES string of the molecule is Cc1cc(C(Cl)Cl)ccc1-c1nc2ccccc2s1. The van der Waals surface area contributed by atoms with Crippen molar-refractivity contribution in [3.05, 3.63) is 53.6 Å². The maximum absolute atomic E-state index is 5.89. The van der Waals surface area contributed by atoms with Crippen LogP contribution in [0.2, 0.25) is 0 Å². The third kappa shape index (κ3) is 2.48. The molecular formula is C15H11Cl2NS. The Bertz CT molecular complexity index is 701. The molecule has 1 aromatic heterocycles. The zero-order valence-electron chi connectivity index (χ0n) is 10.2. The molecule has 0 atom stereocenters. The molecule has 4 heteroatoms. The van der Waals surface area contributed by atoms with Crippen LogP contribution in [0.3, 0.4) is 0 Å². The van der Waals surface area contributed by atoms with Crippen molar-refractivity contribution in [2.75, 3.05) is 0 Å². The third-order valence-electron chi connectivity index (χ3n) is 3.03. The van der Waals surface area contributed by atoms with Gasteiger partial charge in [-0.1, -0.05) is 30.3 Å². The number of halogens is 2. The van der Waals surface area contributed by atoms with E-state index in [-0.39, 0.29) is 0 Å². The van der Waals surface area contributed by atoms with E-state index in [9.17, 15) is 0 Å². The molecule has 1 nitrogen and oxygen atoms in total. The molecule has 2 aromatic carbocycles. The first kappa shape index (κ1) is 12.9. The molecule has 0 radical (unpaired) electrons. The molecule has 0 saturated heterocycles. The summed E-state index contributed by atoms with van der Waals surface area (Å²) < 4.78 is 1.20. The molecule has 96 valence electrons. The Morgan fingerprint density at radius 2 is 1.89 bits per heavy atom. The summed E-state index contributed by atoms with van der Waals surface area (Å²) in [6.07, 6.45) is 0. The molecule has 0 bridgehead atoms. The van der Waals surface area contributed by atoms with E-state index in [2.05, 4.69) is 18.0 Å². The lowest BCUT2D eigenvalue weighted by molar-refractivity contribution is 1.30. The maximum atomic E-state index is 5.89. The Labute approximate surface area is 125 Å². The molecular weight excluding hydrogens is 297 g/mol. The van der Waals surface area contributed by atoms with Gasteiger partial charge in [-0.15, -0.1) is 34.5 Å². The monoisotopic (exact) mass is 307 g/mol. The molecule has 19 heavy (non-hydrogen) atoms. The number of alkyl halides is 2. The minimum Gasteiger partial charge on any atom is -0.236 e. The number of benzene rings is 2. The molecule has 0 fully saturated rings. The van der Waals surface area contributed by atoms with Crippen LogP contribution in [-0.4, -0.2) is 4.98 Å². The molecule has 0 N–H and O–H groups in total. The maximum Gasteiger partial charge on any atom is 0.132 e. The van der Waals surface area contributed by atoms with E-state index in [1.165, 1.54) is 4.70 Å². The molecule has 0 amide bonds. The number of thiazole rings is 1. The van der Waals surface area contributed by atoms with Gasteiger partial charge in [0, 0.05) is 5.56 Å². The first-order valence-electron chi connectivity index (χ1n) is 5.90. The van der Waals surface area contributed by atoms with Crippen molar-refractivity contribution in [3.8, 4) is 10.6 Å². The van der Waals surface area contributed by atoms with Gasteiger partial charge in [-0.05, 0) is 30.2 Å². The minimum atomic E-state index is -0.483. The highest BCUT2D eigenvalue weighted by molar-refractivity contribution is 7.21. The quantitative estimate of drug-likeness (QED) is 0.549. The molecule has 0 spiro atoms. The Hall–Kier alpha value is -1.09. The van der Waals surface area contributed by atoms with Gasteiger partial charge in [0.1, 0.15) is 9.84 Å². The highest BCUT2D eigenvalue weighted by atomic mass is 35.5. The smallest absolute Gasteiger partial charge is 0.132 e. The lowest BCUT2D eigenvalue weighted by atomic mass is 10.1. The predicted molar refractivity (Wildman–Crippen MR) is 84.2 cm³/mol. The lowest BCUT2D eigenvalue weighted by Gasteiger charge is -2.06. The van der Waals surface area contributed by atoms with Gasteiger partial charge in [-0.3, -0.25) is 0 Å². The molecule has 0 aliphatic rings. The summed E-state index contributed by atoms with van der Waals surface area (Å²) in [6.45, 7) is 2.06. The Kier molecular flexibility index (Phi) is 3.48. The topological polar surface area (TPSA) is 12.9 Å². The van der Waals surface area contributed by atoms with Crippen molar-refractivity contribution in [2.45, 2.75) is 11.8 Å². The number of para-hydroxylation sites is 1. The second kappa shape index (κ2) is 5.12. The molecule has 0 saturated carbocycles. The van der Waals surface area contributed by atoms with Crippen molar-refractivity contribution in [3.63, 3.8) is 0 Å². The molecule has 3 rings (SSSR count). The summed E-state index contributed by atoms with van der Waals surface area (Å²) in [4.78, 5) is 4.19. The largest absolute Gasteiger partial charge is 0.236 e. The summed E-state index contributed by atoms with van der Waals surface area (Å²) in [5, 5.41) is 1.03. The van der Waals surface area contributed by atoms with Gasteiger partial charge < -0.3 is 0 Å². The third-order valence-corrected chi connectivity index (χ3v) is 4.60. The second-order valence-corrected chi connectivity index (χ2v) is 6.49. The first-order valence-corrected chi connectivity index (χ1v) is 7.59. The van der Waals surface area contributed by atoms with E-state index >= 15 is 0 Å². The lowest BCUT2D eigenvalue weighted by Crippen LogP contribution is -1.87. The van der Waals surface area contributed by atoms with Crippen LogP contribution in [0.15, 0.2) is 42.5 Å². The average molecular weight is 308 g/mol. The van der Waals surface area contributed by atoms with Crippen LogP contribution in [0.1, 0.15) is 16.0 Å². The van der Waals surface area contributed by atoms with Gasteiger partial charge in [-0.25, -0.2) is 4.98 Å². The highest BCUT2D eigenvalue weighted by Gasteiger charge is 2.11. The fourth-order valence-corrected chi connectivity index (χ4v) is 3.38. The van der Waals surface area contributed by atoms with Crippen LogP contribution >= 0.6 is 34.5 Å². The Morgan fingerprint density at radius 3 is 2.58 bits per heavy atom. The van der Waals surface area contributed by atoms with Crippen LogP contribution < -0.4 is 0 Å². The van der Waals surface area contributed by atoms with Crippen LogP contribution in [0.25, 0.3) is 20.8 Å². The summed E-state index contributed by atoms with van der Waals surface area (Å²) in [5.41, 5.74) is 4.24. The van der Waals surface area contributed by atoms with Crippen molar-refractivity contribution >= 4 is 44.8 Å². The van der Waals surface area contributed by atoms with E-state index in [1.54, 1.807) is 11.3 Å². The second-order valence-electron chi connectivity index (χ2n) is 4.36. The normalized spacial score (nSPS) is 11.4. The zero-order valence-corrected chi connectivity index (χ0v) is 12.6. The number of rotatable bonds is 2. The fourth-order valence-electron chi connectivity index (χ4n) is 2.05. The van der Waals surface area contributed by atoms with Gasteiger partial charge in [0.2, 0.25) is 0 Å². The van der Waals surface area contributed by atoms with Crippen LogP contribution in [0.5, 0.6) is 0 Å². The van der Waals surface area contributed by atoms with Crippen LogP contribution in [-0.2, 0) is 0 Å². The van der Waals surface area contributed by atoms with Crippen molar-refractivity contribution in [1.82, 2.24) is 4.98 Å². The number of hydrogen-bond acceptors (Lipinski definition) is 2. The zero-order chi connectivity index (χ0) is 13.4. The Balaban J connectivity index is 2.11. The minimum absolute atomic E-state index is 0.483. The summed E-state index contributed by atoms with van der Waals surface area (Å²) >= 11 is 13.5. The fraction of sp³-hybridized carbons (Fsp3) is 0.133. The van der Waals surface area contributed by atoms with Gasteiger partial charge >= 0.3 is 0 Å². The number of aryl methyl sites for hydroxylation is 1. The summed E-state index contributed by atoms with van der Waals surface area (Å²) in [7, 11) is 0. The van der Waals surface area contributed by atoms with Gasteiger partial charge in [0.05, 0.1) is 10.2 Å². The standard InChI is InChI=1S/C15H11Cl2NS/c1-9-8-10(14(16)17)6-7-11(9)15-18-12-4-2-3-5-13(12)19-15/h2-8,14H,1H3. The summed E-state index contributed by atoms with van der Waals surface area (Å²) in [5.74, 6) is 0. The highest BCUT2D eigenvalue weighted by Crippen LogP contribution is 2.34. The molecule has 0 unspecified atom stereocenters. The van der Waals surface area contributed by atoms with Crippen LogP contribution in [0, 0.1) is 6.92 Å². The Morgan fingerprint density at radius 1 is 1.11 bits per heavy atom. The molecule has 0 aliphatic heterocycles. The van der Waals surface area contributed by atoms with Gasteiger partial charge in [-0.2, -0.15) is 0 Å². The van der Waals surface area contributed by atoms with Gasteiger partial charge in [0.25, 0.3) is 0 Å². The average Bonchev–Trinajstić information content (AvgIpc) is 2.81. The van der Waals surface area contributed by atoms with E-state index in [0.29, 0.717) is 0 Å². The molecule has 1 heterocycles. The number of nitrogens with zero attached hydrogens (tertiary/aromatic N) is 1. The van der Waals surface area contributed by atoms with Gasteiger partial charge in [0.15, 0.2) is 0 Å². The molecule has 3 aromatic rings. The summed E-state index contributed by atoms with van der Waals surface area (Å²) in [6, 6.07) is 14.2. The van der Waals surface area contributed by atoms with E-state index in [1.807, 2.05) is 36.4 Å². The van der Waals surface area contributed by atoms with Crippen LogP contribution in [0.4, 0.5) is 0 Å². The number of aromatic nitrogens is 1. The van der Waals surface area contributed by atoms with Crippen molar-refractivity contribution in [1.29, 1.82) is 0 Å². The van der Waals surface area contributed by atoms with Crippen molar-refractivity contribution < 1.29 is 0 Å². The first-order chi connectivity index (χ1) is 9.15. The van der Waals surface area contributed by atoms with E-state index in [0.717, 1.165) is 27.2 Å².